The molecule has 0 spiro atoms. The van der Waals surface area contributed by atoms with Crippen LogP contribution in [0.2, 0.25) is 0 Å². The SMILES string of the molecule is Cc1cc(=O)n2nc(CSc3ccc(N)cc3)sc2n1. The van der Waals surface area contributed by atoms with Crippen molar-refractivity contribution in [1.29, 1.82) is 0 Å². The predicted molar refractivity (Wildman–Crippen MR) is 82.3 cm³/mol. The van der Waals surface area contributed by atoms with Crippen LogP contribution in [0.25, 0.3) is 4.96 Å². The Morgan fingerprint density at radius 1 is 1.35 bits per heavy atom. The van der Waals surface area contributed by atoms with Gasteiger partial charge in [-0.3, -0.25) is 4.79 Å². The van der Waals surface area contributed by atoms with Crippen LogP contribution in [0.1, 0.15) is 10.7 Å². The lowest BCUT2D eigenvalue weighted by atomic mass is 10.3. The second-order valence-corrected chi connectivity index (χ2v) is 6.37. The van der Waals surface area contributed by atoms with E-state index in [0.717, 1.165) is 21.3 Å². The molecule has 5 nitrogen and oxygen atoms in total. The summed E-state index contributed by atoms with van der Waals surface area (Å²) in [6, 6.07) is 9.18. The first-order valence-electron chi connectivity index (χ1n) is 5.96. The highest BCUT2D eigenvalue weighted by atomic mass is 32.2. The van der Waals surface area contributed by atoms with Gasteiger partial charge in [-0.25, -0.2) is 4.98 Å². The van der Waals surface area contributed by atoms with E-state index in [0.29, 0.717) is 10.7 Å². The standard InChI is InChI=1S/C13H12N4OS2/c1-8-6-12(18)17-13(15-8)20-11(16-17)7-19-10-4-2-9(14)3-5-10/h2-6H,7,14H2,1H3. The van der Waals surface area contributed by atoms with Gasteiger partial charge in [-0.2, -0.15) is 9.61 Å². The Hall–Kier alpha value is -1.86. The maximum absolute atomic E-state index is 11.8. The highest BCUT2D eigenvalue weighted by Crippen LogP contribution is 2.25. The molecule has 2 aromatic heterocycles. The lowest BCUT2D eigenvalue weighted by molar-refractivity contribution is 0.870. The lowest BCUT2D eigenvalue weighted by Crippen LogP contribution is -2.14. The molecule has 1 aromatic carbocycles. The molecular formula is C13H12N4OS2. The Balaban J connectivity index is 1.83. The fourth-order valence-electron chi connectivity index (χ4n) is 1.73. The first kappa shape index (κ1) is 13.1. The van der Waals surface area contributed by atoms with Crippen LogP contribution in [0.4, 0.5) is 5.69 Å². The van der Waals surface area contributed by atoms with Crippen LogP contribution in [0.15, 0.2) is 40.0 Å². The number of nitrogens with zero attached hydrogens (tertiary/aromatic N) is 3. The average molecular weight is 304 g/mol. The maximum atomic E-state index is 11.8. The number of rotatable bonds is 3. The summed E-state index contributed by atoms with van der Waals surface area (Å²) in [6.45, 7) is 1.81. The van der Waals surface area contributed by atoms with Gasteiger partial charge in [0.25, 0.3) is 5.56 Å². The normalized spacial score (nSPS) is 11.1. The van der Waals surface area contributed by atoms with E-state index in [1.807, 2.05) is 31.2 Å². The van der Waals surface area contributed by atoms with Crippen molar-refractivity contribution >= 4 is 33.7 Å². The monoisotopic (exact) mass is 304 g/mol. The van der Waals surface area contributed by atoms with Gasteiger partial charge in [-0.05, 0) is 31.2 Å². The molecule has 3 rings (SSSR count). The molecule has 0 amide bonds. The number of benzene rings is 1. The largest absolute Gasteiger partial charge is 0.399 e. The third-order valence-corrected chi connectivity index (χ3v) is 4.77. The third-order valence-electron chi connectivity index (χ3n) is 2.66. The molecule has 0 aliphatic heterocycles. The van der Waals surface area contributed by atoms with Crippen molar-refractivity contribution in [2.75, 3.05) is 5.73 Å². The number of hydrogen-bond acceptors (Lipinski definition) is 6. The number of aromatic nitrogens is 3. The summed E-state index contributed by atoms with van der Waals surface area (Å²) in [6.07, 6.45) is 0. The Morgan fingerprint density at radius 2 is 2.10 bits per heavy atom. The van der Waals surface area contributed by atoms with E-state index >= 15 is 0 Å². The van der Waals surface area contributed by atoms with Crippen molar-refractivity contribution in [3.05, 3.63) is 51.4 Å². The summed E-state index contributed by atoms with van der Waals surface area (Å²) < 4.78 is 1.36. The fourth-order valence-corrected chi connectivity index (χ4v) is 3.56. The molecule has 0 fully saturated rings. The first-order valence-corrected chi connectivity index (χ1v) is 7.77. The molecule has 3 aromatic rings. The van der Waals surface area contributed by atoms with Gasteiger partial charge >= 0.3 is 0 Å². The highest BCUT2D eigenvalue weighted by molar-refractivity contribution is 7.98. The predicted octanol–water partition coefficient (Wildman–Crippen LogP) is 2.33. The number of nitrogen functional groups attached to an aromatic ring is 1. The second-order valence-electron chi connectivity index (χ2n) is 4.28. The Labute approximate surface area is 123 Å². The van der Waals surface area contributed by atoms with Crippen molar-refractivity contribution in [3.63, 3.8) is 0 Å². The average Bonchev–Trinajstić information content (AvgIpc) is 2.81. The van der Waals surface area contributed by atoms with Gasteiger partial charge in [0, 0.05) is 22.3 Å². The van der Waals surface area contributed by atoms with Crippen molar-refractivity contribution in [2.45, 2.75) is 17.6 Å². The van der Waals surface area contributed by atoms with Crippen molar-refractivity contribution < 1.29 is 0 Å². The van der Waals surface area contributed by atoms with Crippen LogP contribution in [0.3, 0.4) is 0 Å². The van der Waals surface area contributed by atoms with Crippen LogP contribution >= 0.6 is 23.1 Å². The van der Waals surface area contributed by atoms with Gasteiger partial charge < -0.3 is 5.73 Å². The summed E-state index contributed by atoms with van der Waals surface area (Å²) in [5.41, 5.74) is 6.99. The molecule has 2 N–H and O–H groups in total. The summed E-state index contributed by atoms with van der Waals surface area (Å²) in [5.74, 6) is 0.705. The Bertz CT molecular complexity index is 807. The number of anilines is 1. The molecule has 7 heteroatoms. The zero-order valence-electron chi connectivity index (χ0n) is 10.7. The number of nitrogens with two attached hydrogens (primary N) is 1. The lowest BCUT2D eigenvalue weighted by Gasteiger charge is -1.98. The topological polar surface area (TPSA) is 73.3 Å². The minimum atomic E-state index is -0.132. The molecule has 102 valence electrons. The second kappa shape index (κ2) is 5.26. The van der Waals surface area contributed by atoms with Crippen molar-refractivity contribution in [1.82, 2.24) is 14.6 Å². The molecule has 0 aliphatic rings. The van der Waals surface area contributed by atoms with E-state index in [2.05, 4.69) is 10.1 Å². The third kappa shape index (κ3) is 2.68. The zero-order valence-corrected chi connectivity index (χ0v) is 12.4. The minimum absolute atomic E-state index is 0.132. The van der Waals surface area contributed by atoms with Crippen LogP contribution < -0.4 is 11.3 Å². The van der Waals surface area contributed by atoms with Crippen molar-refractivity contribution in [3.8, 4) is 0 Å². The Kier molecular flexibility index (Phi) is 3.45. The van der Waals surface area contributed by atoms with Gasteiger partial charge in [0.05, 0.1) is 5.75 Å². The molecule has 20 heavy (non-hydrogen) atoms. The molecule has 2 heterocycles. The van der Waals surface area contributed by atoms with E-state index < -0.39 is 0 Å². The Morgan fingerprint density at radius 3 is 2.85 bits per heavy atom. The molecule has 0 saturated heterocycles. The van der Waals surface area contributed by atoms with Gasteiger partial charge in [0.2, 0.25) is 4.96 Å². The summed E-state index contributed by atoms with van der Waals surface area (Å²) in [5, 5.41) is 5.18. The molecule has 0 atom stereocenters. The van der Waals surface area contributed by atoms with Crippen LogP contribution in [-0.4, -0.2) is 14.6 Å². The molecular weight excluding hydrogens is 292 g/mol. The molecule has 0 radical (unpaired) electrons. The first-order chi connectivity index (χ1) is 9.61. The summed E-state index contributed by atoms with van der Waals surface area (Å²) >= 11 is 3.10. The van der Waals surface area contributed by atoms with Gasteiger partial charge in [-0.15, -0.1) is 11.8 Å². The van der Waals surface area contributed by atoms with E-state index in [4.69, 9.17) is 5.73 Å². The van der Waals surface area contributed by atoms with Gasteiger partial charge in [0.15, 0.2) is 0 Å². The molecule has 0 saturated carbocycles. The fraction of sp³-hybridized carbons (Fsp3) is 0.154. The summed E-state index contributed by atoms with van der Waals surface area (Å²) in [4.78, 5) is 17.8. The van der Waals surface area contributed by atoms with Crippen LogP contribution in [0.5, 0.6) is 0 Å². The zero-order chi connectivity index (χ0) is 14.1. The minimum Gasteiger partial charge on any atom is -0.399 e. The molecule has 0 unspecified atom stereocenters. The number of aryl methyl sites for hydroxylation is 1. The van der Waals surface area contributed by atoms with Crippen LogP contribution in [0, 0.1) is 6.92 Å². The van der Waals surface area contributed by atoms with E-state index in [1.165, 1.54) is 21.9 Å². The van der Waals surface area contributed by atoms with E-state index in [1.54, 1.807) is 11.8 Å². The number of hydrogen-bond donors (Lipinski definition) is 1. The van der Waals surface area contributed by atoms with E-state index in [-0.39, 0.29) is 5.56 Å². The van der Waals surface area contributed by atoms with Crippen LogP contribution in [-0.2, 0) is 5.75 Å². The molecule has 0 bridgehead atoms. The van der Waals surface area contributed by atoms with E-state index in [9.17, 15) is 4.79 Å². The highest BCUT2D eigenvalue weighted by Gasteiger charge is 2.08. The maximum Gasteiger partial charge on any atom is 0.275 e. The quantitative estimate of drug-likeness (QED) is 0.594. The number of fused-ring (bicyclic) bond motifs is 1. The molecule has 0 aliphatic carbocycles. The number of thioether (sulfide) groups is 1. The van der Waals surface area contributed by atoms with Gasteiger partial charge in [0.1, 0.15) is 5.01 Å². The van der Waals surface area contributed by atoms with Crippen molar-refractivity contribution in [2.24, 2.45) is 0 Å². The van der Waals surface area contributed by atoms with Gasteiger partial charge in [-0.1, -0.05) is 11.3 Å². The summed E-state index contributed by atoms with van der Waals surface area (Å²) in [7, 11) is 0. The smallest absolute Gasteiger partial charge is 0.275 e.